The highest BCUT2D eigenvalue weighted by Gasteiger charge is 2.08. The number of pyridine rings is 1. The zero-order chi connectivity index (χ0) is 16.7. The van der Waals surface area contributed by atoms with Crippen LogP contribution in [0.1, 0.15) is 10.5 Å². The van der Waals surface area contributed by atoms with Crippen LogP contribution in [-0.2, 0) is 0 Å². The number of nitrogens with two attached hydrogens (primary N) is 1. The summed E-state index contributed by atoms with van der Waals surface area (Å²) in [6.07, 6.45) is 1.54. The summed E-state index contributed by atoms with van der Waals surface area (Å²) >= 11 is 0. The van der Waals surface area contributed by atoms with Crippen LogP contribution in [0.25, 0.3) is 11.3 Å². The molecule has 118 valence electrons. The minimum absolute atomic E-state index is 0.237. The summed E-state index contributed by atoms with van der Waals surface area (Å²) in [5.74, 6) is 0.907. The maximum atomic E-state index is 11.9. The summed E-state index contributed by atoms with van der Waals surface area (Å²) < 4.78 is 5.45. The second-order valence-corrected chi connectivity index (χ2v) is 4.75. The van der Waals surface area contributed by atoms with E-state index in [0.29, 0.717) is 36.0 Å². The third kappa shape index (κ3) is 4.52. The van der Waals surface area contributed by atoms with Crippen LogP contribution in [0.3, 0.4) is 0 Å². The Balaban J connectivity index is 2.17. The average Bonchev–Trinajstić information content (AvgIpc) is 2.60. The van der Waals surface area contributed by atoms with E-state index in [1.807, 2.05) is 30.3 Å². The third-order valence-corrected chi connectivity index (χ3v) is 3.04. The zero-order valence-electron chi connectivity index (χ0n) is 12.8. The van der Waals surface area contributed by atoms with E-state index in [0.717, 1.165) is 5.56 Å². The lowest BCUT2D eigenvalue weighted by atomic mass is 10.1. The first kappa shape index (κ1) is 16.5. The molecule has 2 rings (SSSR count). The molecule has 0 saturated carbocycles. The van der Waals surface area contributed by atoms with Gasteiger partial charge >= 0.3 is 0 Å². The van der Waals surface area contributed by atoms with E-state index in [1.165, 1.54) is 0 Å². The monoisotopic (exact) mass is 309 g/mol. The molecule has 0 aliphatic rings. The number of benzene rings is 1. The largest absolute Gasteiger partial charge is 0.458 e. The van der Waals surface area contributed by atoms with Crippen LogP contribution >= 0.6 is 0 Å². The smallest absolute Gasteiger partial charge is 0.269 e. The van der Waals surface area contributed by atoms with Crippen molar-refractivity contribution in [2.75, 3.05) is 13.1 Å². The van der Waals surface area contributed by atoms with Crippen LogP contribution < -0.4 is 15.8 Å². The summed E-state index contributed by atoms with van der Waals surface area (Å²) in [6.45, 7) is 8.10. The number of nitrogens with one attached hydrogen (secondary N) is 1. The summed E-state index contributed by atoms with van der Waals surface area (Å²) in [7, 11) is 0. The third-order valence-electron chi connectivity index (χ3n) is 3.04. The minimum atomic E-state index is -0.237. The number of carbonyl (C=O) groups excluding carboxylic acids is 1. The van der Waals surface area contributed by atoms with E-state index < -0.39 is 0 Å². The number of hydrogen-bond acceptors (Lipinski definition) is 4. The zero-order valence-corrected chi connectivity index (χ0v) is 12.8. The number of nitrogens with zero attached hydrogens (tertiary/aromatic N) is 1. The van der Waals surface area contributed by atoms with Gasteiger partial charge in [0.15, 0.2) is 0 Å². The van der Waals surface area contributed by atoms with E-state index in [-0.39, 0.29) is 5.91 Å². The molecule has 0 bridgehead atoms. The lowest BCUT2D eigenvalue weighted by molar-refractivity contribution is 0.0950. The molecule has 1 amide bonds. The van der Waals surface area contributed by atoms with E-state index >= 15 is 0 Å². The number of allylic oxidation sites excluding steroid dienone is 1. The van der Waals surface area contributed by atoms with Gasteiger partial charge in [0, 0.05) is 18.7 Å². The summed E-state index contributed by atoms with van der Waals surface area (Å²) in [6, 6.07) is 12.7. The second kappa shape index (κ2) is 7.91. The summed E-state index contributed by atoms with van der Waals surface area (Å²) in [5, 5.41) is 2.70. The van der Waals surface area contributed by atoms with Gasteiger partial charge in [-0.3, -0.25) is 4.79 Å². The first-order chi connectivity index (χ1) is 11.1. The molecule has 23 heavy (non-hydrogen) atoms. The fraction of sp³-hybridized carbons (Fsp3) is 0.111. The molecule has 0 saturated heterocycles. The van der Waals surface area contributed by atoms with E-state index in [2.05, 4.69) is 23.5 Å². The predicted octanol–water partition coefficient (Wildman–Crippen LogP) is 2.52. The molecule has 0 fully saturated rings. The van der Waals surface area contributed by atoms with Gasteiger partial charge in [0.25, 0.3) is 5.91 Å². The normalized spacial score (nSPS) is 9.96. The van der Waals surface area contributed by atoms with Crippen molar-refractivity contribution in [3.05, 3.63) is 73.2 Å². The molecule has 2 aromatic rings. The molecule has 0 atom stereocenters. The second-order valence-electron chi connectivity index (χ2n) is 4.75. The molecular weight excluding hydrogens is 290 g/mol. The predicted molar refractivity (Wildman–Crippen MR) is 91.0 cm³/mol. The maximum Gasteiger partial charge on any atom is 0.269 e. The Morgan fingerprint density at radius 3 is 2.65 bits per heavy atom. The lowest BCUT2D eigenvalue weighted by Crippen LogP contribution is -2.29. The Morgan fingerprint density at radius 2 is 2.00 bits per heavy atom. The van der Waals surface area contributed by atoms with Crippen molar-refractivity contribution in [3.63, 3.8) is 0 Å². The molecule has 0 spiro atoms. The Bertz CT molecular complexity index is 708. The fourth-order valence-corrected chi connectivity index (χ4v) is 1.88. The number of rotatable bonds is 7. The van der Waals surface area contributed by atoms with Crippen LogP contribution in [0, 0.1) is 0 Å². The lowest BCUT2D eigenvalue weighted by Gasteiger charge is -2.07. The van der Waals surface area contributed by atoms with Crippen molar-refractivity contribution in [2.24, 2.45) is 5.73 Å². The van der Waals surface area contributed by atoms with Crippen LogP contribution in [0.5, 0.6) is 5.75 Å². The fourth-order valence-electron chi connectivity index (χ4n) is 1.88. The molecule has 0 unspecified atom stereocenters. The van der Waals surface area contributed by atoms with Crippen molar-refractivity contribution in [1.29, 1.82) is 0 Å². The molecular formula is C18H19N3O2. The Kier molecular flexibility index (Phi) is 5.66. The van der Waals surface area contributed by atoms with E-state index in [4.69, 9.17) is 10.5 Å². The van der Waals surface area contributed by atoms with Gasteiger partial charge in [0.05, 0.1) is 5.69 Å². The molecule has 5 nitrogen and oxygen atoms in total. The first-order valence-corrected chi connectivity index (χ1v) is 7.19. The number of amides is 1. The highest BCUT2D eigenvalue weighted by atomic mass is 16.5. The van der Waals surface area contributed by atoms with Gasteiger partial charge in [-0.05, 0) is 42.5 Å². The molecule has 0 radical (unpaired) electrons. The average molecular weight is 309 g/mol. The summed E-state index contributed by atoms with van der Waals surface area (Å²) in [5.41, 5.74) is 7.32. The molecule has 0 aliphatic carbocycles. The van der Waals surface area contributed by atoms with Crippen LogP contribution in [-0.4, -0.2) is 24.0 Å². The van der Waals surface area contributed by atoms with Crippen molar-refractivity contribution >= 4 is 5.91 Å². The molecule has 0 aliphatic heterocycles. The Hall–Kier alpha value is -2.92. The standard InChI is InChI=1S/C18H19N3O2/c1-3-13(2)23-15-9-7-14(8-10-15)16-5-4-6-17(21-16)18(22)20-12-11-19/h3-10H,1-2,11-12,19H2,(H,20,22). The molecule has 3 N–H and O–H groups in total. The van der Waals surface area contributed by atoms with E-state index in [1.54, 1.807) is 18.2 Å². The Labute approximate surface area is 135 Å². The van der Waals surface area contributed by atoms with Crippen LogP contribution in [0.4, 0.5) is 0 Å². The van der Waals surface area contributed by atoms with Crippen molar-refractivity contribution in [1.82, 2.24) is 10.3 Å². The van der Waals surface area contributed by atoms with Gasteiger partial charge < -0.3 is 15.8 Å². The molecule has 1 aromatic heterocycles. The number of carbonyl (C=O) groups is 1. The van der Waals surface area contributed by atoms with Gasteiger partial charge in [0.2, 0.25) is 0 Å². The topological polar surface area (TPSA) is 77.2 Å². The first-order valence-electron chi connectivity index (χ1n) is 7.19. The highest BCUT2D eigenvalue weighted by molar-refractivity contribution is 5.92. The molecule has 1 aromatic carbocycles. The number of hydrogen-bond donors (Lipinski definition) is 2. The van der Waals surface area contributed by atoms with Crippen molar-refractivity contribution < 1.29 is 9.53 Å². The Morgan fingerprint density at radius 1 is 1.26 bits per heavy atom. The van der Waals surface area contributed by atoms with Gasteiger partial charge in [-0.25, -0.2) is 4.98 Å². The molecule has 5 heteroatoms. The van der Waals surface area contributed by atoms with E-state index in [9.17, 15) is 4.79 Å². The quantitative estimate of drug-likeness (QED) is 0.608. The summed E-state index contributed by atoms with van der Waals surface area (Å²) in [4.78, 5) is 16.3. The SMILES string of the molecule is C=CC(=C)Oc1ccc(-c2cccc(C(=O)NCCN)n2)cc1. The highest BCUT2D eigenvalue weighted by Crippen LogP contribution is 2.22. The van der Waals surface area contributed by atoms with Crippen molar-refractivity contribution in [3.8, 4) is 17.0 Å². The number of ether oxygens (including phenoxy) is 1. The van der Waals surface area contributed by atoms with Crippen LogP contribution in [0.2, 0.25) is 0 Å². The number of aromatic nitrogens is 1. The van der Waals surface area contributed by atoms with Gasteiger partial charge in [0.1, 0.15) is 17.2 Å². The maximum absolute atomic E-state index is 11.9. The van der Waals surface area contributed by atoms with Crippen molar-refractivity contribution in [2.45, 2.75) is 0 Å². The van der Waals surface area contributed by atoms with Gasteiger partial charge in [-0.15, -0.1) is 0 Å². The van der Waals surface area contributed by atoms with Gasteiger partial charge in [-0.1, -0.05) is 19.2 Å². The van der Waals surface area contributed by atoms with Gasteiger partial charge in [-0.2, -0.15) is 0 Å². The molecule has 1 heterocycles. The minimum Gasteiger partial charge on any atom is -0.458 e. The van der Waals surface area contributed by atoms with Crippen LogP contribution in [0.15, 0.2) is 67.5 Å².